The Hall–Kier alpha value is -2.41. The van der Waals surface area contributed by atoms with Gasteiger partial charge < -0.3 is 5.73 Å². The summed E-state index contributed by atoms with van der Waals surface area (Å²) in [5, 5.41) is 5.30. The van der Waals surface area contributed by atoms with Gasteiger partial charge in [-0.15, -0.1) is 16.9 Å². The Labute approximate surface area is 120 Å². The van der Waals surface area contributed by atoms with Crippen LogP contribution in [0.25, 0.3) is 17.2 Å². The molecule has 0 aliphatic rings. The molecule has 0 amide bonds. The molecule has 2 heterocycles. The fraction of sp³-hybridized carbons (Fsp3) is 0.0769. The molecule has 20 heavy (non-hydrogen) atoms. The quantitative estimate of drug-likeness (QED) is 0.450. The highest BCUT2D eigenvalue weighted by Gasteiger charge is 2.07. The van der Waals surface area contributed by atoms with Crippen molar-refractivity contribution in [1.29, 1.82) is 0 Å². The molecule has 0 fully saturated rings. The van der Waals surface area contributed by atoms with Gasteiger partial charge in [0, 0.05) is 17.3 Å². The van der Waals surface area contributed by atoms with Crippen LogP contribution in [0.5, 0.6) is 0 Å². The standard InChI is InChI=1S/C13H12N6S/c1-20-12-6-11(15-7-16-12)19-8-17-13(18-19)9-3-2-4-10(14)5-9/h2-8H,14H2,1H3. The molecule has 0 radical (unpaired) electrons. The Morgan fingerprint density at radius 2 is 2.05 bits per heavy atom. The van der Waals surface area contributed by atoms with Crippen molar-refractivity contribution in [3.8, 4) is 17.2 Å². The van der Waals surface area contributed by atoms with Crippen molar-refractivity contribution in [1.82, 2.24) is 24.7 Å². The van der Waals surface area contributed by atoms with E-state index in [0.717, 1.165) is 10.6 Å². The highest BCUT2D eigenvalue weighted by atomic mass is 32.2. The van der Waals surface area contributed by atoms with E-state index in [1.807, 2.05) is 36.6 Å². The highest BCUT2D eigenvalue weighted by Crippen LogP contribution is 2.18. The number of hydrogen-bond donors (Lipinski definition) is 1. The lowest BCUT2D eigenvalue weighted by atomic mass is 10.2. The summed E-state index contributed by atoms with van der Waals surface area (Å²) in [7, 11) is 0. The van der Waals surface area contributed by atoms with Crippen LogP contribution in [-0.2, 0) is 0 Å². The molecular weight excluding hydrogens is 272 g/mol. The Balaban J connectivity index is 1.97. The molecule has 0 saturated carbocycles. The molecule has 0 aliphatic carbocycles. The maximum Gasteiger partial charge on any atom is 0.181 e. The van der Waals surface area contributed by atoms with E-state index >= 15 is 0 Å². The van der Waals surface area contributed by atoms with Crippen molar-refractivity contribution in [3.05, 3.63) is 43.0 Å². The summed E-state index contributed by atoms with van der Waals surface area (Å²) in [6.07, 6.45) is 5.11. The average Bonchev–Trinajstić information content (AvgIpc) is 2.97. The Bertz CT molecular complexity index is 739. The number of thioether (sulfide) groups is 1. The molecule has 7 heteroatoms. The van der Waals surface area contributed by atoms with Crippen LogP contribution in [0.1, 0.15) is 0 Å². The molecule has 2 aromatic heterocycles. The van der Waals surface area contributed by atoms with Crippen molar-refractivity contribution in [3.63, 3.8) is 0 Å². The largest absolute Gasteiger partial charge is 0.399 e. The molecule has 0 unspecified atom stereocenters. The van der Waals surface area contributed by atoms with E-state index in [4.69, 9.17) is 5.73 Å². The second-order valence-electron chi connectivity index (χ2n) is 4.06. The number of benzene rings is 1. The second-order valence-corrected chi connectivity index (χ2v) is 4.88. The first kappa shape index (κ1) is 12.6. The molecular formula is C13H12N6S. The Morgan fingerprint density at radius 3 is 2.85 bits per heavy atom. The second kappa shape index (κ2) is 5.30. The van der Waals surface area contributed by atoms with Crippen LogP contribution in [0.3, 0.4) is 0 Å². The van der Waals surface area contributed by atoms with Crippen molar-refractivity contribution in [2.24, 2.45) is 0 Å². The van der Waals surface area contributed by atoms with Gasteiger partial charge in [-0.1, -0.05) is 12.1 Å². The molecule has 0 spiro atoms. The van der Waals surface area contributed by atoms with Crippen LogP contribution in [0.2, 0.25) is 0 Å². The number of aromatic nitrogens is 5. The van der Waals surface area contributed by atoms with Gasteiger partial charge in [0.2, 0.25) is 0 Å². The average molecular weight is 284 g/mol. The van der Waals surface area contributed by atoms with Crippen LogP contribution in [0.4, 0.5) is 5.69 Å². The number of anilines is 1. The summed E-state index contributed by atoms with van der Waals surface area (Å²) >= 11 is 1.55. The zero-order chi connectivity index (χ0) is 13.9. The van der Waals surface area contributed by atoms with Gasteiger partial charge in [-0.25, -0.2) is 19.6 Å². The summed E-state index contributed by atoms with van der Waals surface area (Å²) < 4.78 is 1.62. The van der Waals surface area contributed by atoms with E-state index in [1.54, 1.807) is 22.8 Å². The van der Waals surface area contributed by atoms with Crippen molar-refractivity contribution < 1.29 is 0 Å². The fourth-order valence-corrected chi connectivity index (χ4v) is 2.13. The fourth-order valence-electron chi connectivity index (χ4n) is 1.75. The van der Waals surface area contributed by atoms with Gasteiger partial charge in [-0.2, -0.15) is 0 Å². The van der Waals surface area contributed by atoms with Crippen molar-refractivity contribution in [2.45, 2.75) is 5.03 Å². The van der Waals surface area contributed by atoms with E-state index < -0.39 is 0 Å². The van der Waals surface area contributed by atoms with E-state index in [2.05, 4.69) is 20.1 Å². The molecule has 1 aromatic carbocycles. The first-order valence-electron chi connectivity index (χ1n) is 5.90. The monoisotopic (exact) mass is 284 g/mol. The van der Waals surface area contributed by atoms with Crippen molar-refractivity contribution in [2.75, 3.05) is 12.0 Å². The molecule has 0 bridgehead atoms. The topological polar surface area (TPSA) is 82.5 Å². The number of nitrogens with two attached hydrogens (primary N) is 1. The molecule has 3 rings (SSSR count). The predicted molar refractivity (Wildman–Crippen MR) is 78.6 cm³/mol. The zero-order valence-electron chi connectivity index (χ0n) is 10.8. The van der Waals surface area contributed by atoms with Crippen LogP contribution in [0, 0.1) is 0 Å². The normalized spacial score (nSPS) is 10.7. The van der Waals surface area contributed by atoms with E-state index in [1.165, 1.54) is 6.33 Å². The van der Waals surface area contributed by atoms with Crippen LogP contribution in [0.15, 0.2) is 48.0 Å². The molecule has 0 saturated heterocycles. The number of rotatable bonds is 3. The highest BCUT2D eigenvalue weighted by molar-refractivity contribution is 7.98. The summed E-state index contributed by atoms with van der Waals surface area (Å²) in [6.45, 7) is 0. The predicted octanol–water partition coefficient (Wildman–Crippen LogP) is 2.03. The summed E-state index contributed by atoms with van der Waals surface area (Å²) in [5.74, 6) is 1.30. The first-order chi connectivity index (χ1) is 9.76. The minimum Gasteiger partial charge on any atom is -0.399 e. The Morgan fingerprint density at radius 1 is 1.15 bits per heavy atom. The van der Waals surface area contributed by atoms with Crippen molar-refractivity contribution >= 4 is 17.4 Å². The van der Waals surface area contributed by atoms with E-state index in [0.29, 0.717) is 17.3 Å². The lowest BCUT2D eigenvalue weighted by molar-refractivity contribution is 0.828. The molecule has 6 nitrogen and oxygen atoms in total. The third-order valence-corrected chi connectivity index (χ3v) is 3.35. The first-order valence-corrected chi connectivity index (χ1v) is 7.13. The van der Waals surface area contributed by atoms with Gasteiger partial charge in [-0.3, -0.25) is 0 Å². The number of nitrogens with zero attached hydrogens (tertiary/aromatic N) is 5. The van der Waals surface area contributed by atoms with E-state index in [-0.39, 0.29) is 0 Å². The van der Waals surface area contributed by atoms with Gasteiger partial charge in [0.25, 0.3) is 0 Å². The smallest absolute Gasteiger partial charge is 0.181 e. The lowest BCUT2D eigenvalue weighted by Gasteiger charge is -2.00. The maximum atomic E-state index is 5.77. The minimum atomic E-state index is 0.613. The summed E-state index contributed by atoms with van der Waals surface area (Å²) in [4.78, 5) is 12.6. The van der Waals surface area contributed by atoms with Crippen LogP contribution < -0.4 is 5.73 Å². The zero-order valence-corrected chi connectivity index (χ0v) is 11.6. The van der Waals surface area contributed by atoms with Crippen LogP contribution >= 0.6 is 11.8 Å². The van der Waals surface area contributed by atoms with Crippen LogP contribution in [-0.4, -0.2) is 31.0 Å². The maximum absolute atomic E-state index is 5.77. The molecule has 2 N–H and O–H groups in total. The molecule has 100 valence electrons. The third kappa shape index (κ3) is 2.48. The molecule has 0 aliphatic heterocycles. The Kier molecular flexibility index (Phi) is 3.34. The summed E-state index contributed by atoms with van der Waals surface area (Å²) in [6, 6.07) is 9.33. The molecule has 3 aromatic rings. The summed E-state index contributed by atoms with van der Waals surface area (Å²) in [5.41, 5.74) is 7.33. The van der Waals surface area contributed by atoms with Gasteiger partial charge in [0.05, 0.1) is 0 Å². The lowest BCUT2D eigenvalue weighted by Crippen LogP contribution is -1.99. The van der Waals surface area contributed by atoms with Gasteiger partial charge >= 0.3 is 0 Å². The van der Waals surface area contributed by atoms with Gasteiger partial charge in [-0.05, 0) is 18.4 Å². The number of hydrogen-bond acceptors (Lipinski definition) is 6. The molecule has 0 atom stereocenters. The minimum absolute atomic E-state index is 0.613. The van der Waals surface area contributed by atoms with E-state index in [9.17, 15) is 0 Å². The van der Waals surface area contributed by atoms with Gasteiger partial charge in [0.15, 0.2) is 11.6 Å². The third-order valence-electron chi connectivity index (χ3n) is 2.71. The number of nitrogen functional groups attached to an aromatic ring is 1. The SMILES string of the molecule is CSc1cc(-n2cnc(-c3cccc(N)c3)n2)ncn1. The van der Waals surface area contributed by atoms with Gasteiger partial charge in [0.1, 0.15) is 17.7 Å².